The number of nitrogens with zero attached hydrogens (tertiary/aromatic N) is 8. The molecule has 0 atom stereocenters. The van der Waals surface area contributed by atoms with Crippen LogP contribution in [0.4, 0.5) is 11.9 Å². The summed E-state index contributed by atoms with van der Waals surface area (Å²) in [6.45, 7) is 47.3. The van der Waals surface area contributed by atoms with Crippen LogP contribution in [0.5, 0.6) is 0 Å². The summed E-state index contributed by atoms with van der Waals surface area (Å²) in [5.74, 6) is 2.44. The molecule has 5 saturated heterocycles. The smallest absolute Gasteiger partial charge is 0.230 e. The Balaban J connectivity index is 0.000000520. The Labute approximate surface area is 466 Å². The molecule has 6 rings (SSSR count). The van der Waals surface area contributed by atoms with Gasteiger partial charge in [-0.2, -0.15) is 15.0 Å². The van der Waals surface area contributed by atoms with E-state index in [0.717, 1.165) is 69.8 Å². The number of hydrogen-bond donors (Lipinski definition) is 4. The monoisotopic (exact) mass is 1060 g/mol. The van der Waals surface area contributed by atoms with Gasteiger partial charge in [0.05, 0.1) is 13.2 Å². The lowest BCUT2D eigenvalue weighted by molar-refractivity contribution is 0.0782. The zero-order valence-corrected chi connectivity index (χ0v) is 50.8. The van der Waals surface area contributed by atoms with Crippen LogP contribution in [-0.4, -0.2) is 172 Å². The molecule has 5 aliphatic heterocycles. The van der Waals surface area contributed by atoms with Gasteiger partial charge in [-0.15, -0.1) is 0 Å². The maximum absolute atomic E-state index is 5.59. The number of rotatable bonds is 20. The number of aryl methyl sites for hydroxylation is 1. The minimum atomic E-state index is 0. The third-order valence-electron chi connectivity index (χ3n) is 16.7. The summed E-state index contributed by atoms with van der Waals surface area (Å²) in [5, 5.41) is 15.3. The van der Waals surface area contributed by atoms with Crippen molar-refractivity contribution in [2.24, 2.45) is 0 Å². The van der Waals surface area contributed by atoms with Gasteiger partial charge in [0.1, 0.15) is 5.82 Å². The Morgan fingerprint density at radius 3 is 1.00 bits per heavy atom. The molecule has 0 saturated carbocycles. The second kappa shape index (κ2) is 28.1. The second-order valence-corrected chi connectivity index (χ2v) is 29.4. The van der Waals surface area contributed by atoms with E-state index in [4.69, 9.17) is 19.7 Å². The van der Waals surface area contributed by atoms with Crippen molar-refractivity contribution in [2.75, 3.05) is 83.4 Å². The minimum Gasteiger partial charge on any atom is -0.378 e. The number of anilines is 2. The highest BCUT2D eigenvalue weighted by molar-refractivity contribution is 5.41. The predicted octanol–water partition coefficient (Wildman–Crippen LogP) is 11.9. The van der Waals surface area contributed by atoms with Crippen molar-refractivity contribution < 1.29 is 4.74 Å². The van der Waals surface area contributed by atoms with Crippen LogP contribution in [0.2, 0.25) is 0 Å². The molecule has 6 heterocycles. The van der Waals surface area contributed by atoms with E-state index in [-0.39, 0.29) is 66.6 Å². The minimum absolute atomic E-state index is 0. The van der Waals surface area contributed by atoms with Crippen molar-refractivity contribution in [1.29, 1.82) is 0 Å². The molecule has 4 N–H and O–H groups in total. The summed E-state index contributed by atoms with van der Waals surface area (Å²) in [6.07, 6.45) is 19.8. The number of unbranched alkanes of at least 4 members (excludes halogenated alkanes) is 6. The lowest BCUT2D eigenvalue weighted by atomic mass is 9.79. The van der Waals surface area contributed by atoms with Crippen molar-refractivity contribution >= 4 is 11.9 Å². The summed E-state index contributed by atoms with van der Waals surface area (Å²) < 4.78 is 5.59. The molecule has 13 nitrogen and oxygen atoms in total. The van der Waals surface area contributed by atoms with Crippen molar-refractivity contribution in [3.8, 4) is 0 Å². The zero-order valence-electron chi connectivity index (χ0n) is 50.8. The van der Waals surface area contributed by atoms with E-state index in [1.165, 1.54) is 103 Å². The van der Waals surface area contributed by atoms with Gasteiger partial charge in [-0.25, -0.2) is 0 Å². The van der Waals surface area contributed by atoms with Gasteiger partial charge in [0.2, 0.25) is 11.9 Å². The van der Waals surface area contributed by atoms with E-state index in [2.05, 4.69) is 178 Å². The molecule has 1 aromatic heterocycles. The van der Waals surface area contributed by atoms with Crippen LogP contribution in [0.1, 0.15) is 242 Å². The van der Waals surface area contributed by atoms with Crippen LogP contribution in [0.15, 0.2) is 0 Å². The van der Waals surface area contributed by atoms with Gasteiger partial charge < -0.3 is 50.5 Å². The van der Waals surface area contributed by atoms with Crippen LogP contribution in [0.25, 0.3) is 0 Å². The van der Waals surface area contributed by atoms with Crippen LogP contribution < -0.4 is 31.1 Å². The van der Waals surface area contributed by atoms with Gasteiger partial charge in [-0.05, 0) is 236 Å². The van der Waals surface area contributed by atoms with E-state index in [1.807, 2.05) is 6.92 Å². The Morgan fingerprint density at radius 2 is 0.693 bits per heavy atom. The van der Waals surface area contributed by atoms with Crippen molar-refractivity contribution in [1.82, 2.24) is 50.9 Å². The molecule has 442 valence electrons. The Morgan fingerprint density at radius 1 is 0.413 bits per heavy atom. The van der Waals surface area contributed by atoms with Crippen molar-refractivity contribution in [3.63, 3.8) is 0 Å². The van der Waals surface area contributed by atoms with Crippen molar-refractivity contribution in [2.45, 2.75) is 311 Å². The fourth-order valence-electron chi connectivity index (χ4n) is 14.8. The SMILES string of the molecule is C.C.C.CN(CCCCCCN(C)C1CC(C)(C)NC(C)(C)C1)C1CC(C)(C)NC(C)(C)C1.Cc1nc(N2CCOCC2)nc(N(CCCCCCN(C)C2CC(C)(C)NC(C)(C)C2)C2CC(C)(C)NC(C)(C)C2)n1. The first kappa shape index (κ1) is 69.4. The summed E-state index contributed by atoms with van der Waals surface area (Å²) in [5.41, 5.74) is 1.45. The van der Waals surface area contributed by atoms with Gasteiger partial charge in [-0.1, -0.05) is 48.0 Å². The highest BCUT2D eigenvalue weighted by Crippen LogP contribution is 2.36. The van der Waals surface area contributed by atoms with Gasteiger partial charge in [0.25, 0.3) is 0 Å². The summed E-state index contributed by atoms with van der Waals surface area (Å²) in [7, 11) is 7.02. The quantitative estimate of drug-likeness (QED) is 0.0931. The van der Waals surface area contributed by atoms with E-state index < -0.39 is 0 Å². The van der Waals surface area contributed by atoms with E-state index in [9.17, 15) is 0 Å². The third kappa shape index (κ3) is 23.1. The highest BCUT2D eigenvalue weighted by Gasteiger charge is 2.43. The van der Waals surface area contributed by atoms with Crippen LogP contribution in [0, 0.1) is 6.92 Å². The Hall–Kier alpha value is -1.71. The molecule has 0 amide bonds. The normalized spacial score (nSPS) is 24.1. The molecular formula is C62H128N12O. The first-order valence-corrected chi connectivity index (χ1v) is 29.2. The molecule has 0 radical (unpaired) electrons. The van der Waals surface area contributed by atoms with Gasteiger partial charge in [0, 0.05) is 88.1 Å². The summed E-state index contributed by atoms with van der Waals surface area (Å²) >= 11 is 0. The number of hydrogen-bond acceptors (Lipinski definition) is 13. The molecule has 0 aromatic carbocycles. The maximum Gasteiger partial charge on any atom is 0.230 e. The standard InChI is InChI=1S/C33H62N8O.C26H54N4.3CH4/c1-25-34-28(40-17-19-42-20-18-40)36-29(35-25)41(27-23-32(6,7)38-33(8,9)24-27)16-14-12-11-13-15-39(10)26-21-30(2,3)37-31(4,5)22-26;1-23(2)17-21(18-24(3,4)27-23)29(9)15-13-11-12-14-16-30(10)22-19-25(5,6)28-26(7,8)20-22;;;/h26-27,37-38H,11-24H2,1-10H3;21-22,27-28H,11-20H2,1-10H3;3*1H4. The summed E-state index contributed by atoms with van der Waals surface area (Å²) in [6, 6.07) is 2.43. The topological polar surface area (TPSA) is 112 Å². The van der Waals surface area contributed by atoms with Gasteiger partial charge in [0.15, 0.2) is 0 Å². The van der Waals surface area contributed by atoms with E-state index in [1.54, 1.807) is 0 Å². The first-order chi connectivity index (χ1) is 33.1. The van der Waals surface area contributed by atoms with Crippen LogP contribution >= 0.6 is 0 Å². The largest absolute Gasteiger partial charge is 0.378 e. The maximum atomic E-state index is 5.59. The molecule has 75 heavy (non-hydrogen) atoms. The summed E-state index contributed by atoms with van der Waals surface area (Å²) in [4.78, 5) is 27.4. The number of ether oxygens (including phenoxy) is 1. The van der Waals surface area contributed by atoms with Crippen molar-refractivity contribution in [3.05, 3.63) is 5.82 Å². The average molecular weight is 1060 g/mol. The van der Waals surface area contributed by atoms with Gasteiger partial charge >= 0.3 is 0 Å². The molecule has 0 bridgehead atoms. The molecule has 1 aromatic rings. The second-order valence-electron chi connectivity index (χ2n) is 29.4. The Bertz CT molecular complexity index is 1690. The highest BCUT2D eigenvalue weighted by atomic mass is 16.5. The third-order valence-corrected chi connectivity index (χ3v) is 16.7. The van der Waals surface area contributed by atoms with Crippen LogP contribution in [0.3, 0.4) is 0 Å². The molecule has 0 unspecified atom stereocenters. The zero-order chi connectivity index (χ0) is 53.6. The molecule has 5 fully saturated rings. The number of nitrogens with one attached hydrogen (secondary N) is 4. The predicted molar refractivity (Wildman–Crippen MR) is 327 cm³/mol. The molecule has 13 heteroatoms. The lowest BCUT2D eigenvalue weighted by Gasteiger charge is -2.49. The molecule has 0 spiro atoms. The fourth-order valence-corrected chi connectivity index (χ4v) is 14.8. The fraction of sp³-hybridized carbons (Fsp3) is 0.952. The number of aromatic nitrogens is 3. The average Bonchev–Trinajstić information content (AvgIpc) is 3.20. The Kier molecular flexibility index (Phi) is 26.0. The lowest BCUT2D eigenvalue weighted by Crippen LogP contribution is -2.62. The van der Waals surface area contributed by atoms with E-state index >= 15 is 0 Å². The molecule has 5 aliphatic rings. The van der Waals surface area contributed by atoms with E-state index in [0.29, 0.717) is 24.2 Å². The van der Waals surface area contributed by atoms with Gasteiger partial charge in [-0.3, -0.25) is 0 Å². The first-order valence-electron chi connectivity index (χ1n) is 29.2. The number of morpholine rings is 1. The number of piperidine rings is 4. The molecule has 0 aliphatic carbocycles. The molecular weight excluding hydrogens is 929 g/mol. The van der Waals surface area contributed by atoms with Crippen LogP contribution in [-0.2, 0) is 4.74 Å².